The van der Waals surface area contributed by atoms with Crippen LogP contribution in [0.1, 0.15) is 5.56 Å². The Bertz CT molecular complexity index is 614. The summed E-state index contributed by atoms with van der Waals surface area (Å²) >= 11 is 9.53. The zero-order valence-electron chi connectivity index (χ0n) is 10.3. The fraction of sp³-hybridized carbons (Fsp3) is 0.0714. The Morgan fingerprint density at radius 2 is 1.80 bits per heavy atom. The molecule has 0 atom stereocenters. The number of anilines is 1. The van der Waals surface area contributed by atoms with E-state index in [9.17, 15) is 4.39 Å². The van der Waals surface area contributed by atoms with Crippen molar-refractivity contribution in [2.45, 2.75) is 0 Å². The maximum absolute atomic E-state index is 12.8. The Labute approximate surface area is 126 Å². The maximum Gasteiger partial charge on any atom is 0.150 e. The second-order valence-electron chi connectivity index (χ2n) is 3.49. The standard InChI is InChI=1S/C13H9FN2O.CH2Cl2/c14-10-5-6-13(11(16)7-10)17-12-4-2-1-3-9(12)8-15;2-1-3/h1-7H,16H2;1H2. The number of hydrogen-bond acceptors (Lipinski definition) is 3. The van der Waals surface area contributed by atoms with E-state index in [1.807, 2.05) is 6.07 Å². The van der Waals surface area contributed by atoms with Crippen molar-refractivity contribution in [1.29, 1.82) is 5.26 Å². The summed E-state index contributed by atoms with van der Waals surface area (Å²) in [6.45, 7) is 0. The summed E-state index contributed by atoms with van der Waals surface area (Å²) in [5.74, 6) is 0.297. The molecule has 0 saturated carbocycles. The highest BCUT2D eigenvalue weighted by Crippen LogP contribution is 2.29. The smallest absolute Gasteiger partial charge is 0.150 e. The first-order valence-electron chi connectivity index (χ1n) is 5.46. The molecule has 2 aromatic rings. The Morgan fingerprint density at radius 3 is 2.40 bits per heavy atom. The van der Waals surface area contributed by atoms with Crippen LogP contribution in [0.3, 0.4) is 0 Å². The average Bonchev–Trinajstić information content (AvgIpc) is 2.43. The lowest BCUT2D eigenvalue weighted by Crippen LogP contribution is -1.94. The van der Waals surface area contributed by atoms with Crippen molar-refractivity contribution in [3.63, 3.8) is 0 Å². The van der Waals surface area contributed by atoms with Gasteiger partial charge in [0.2, 0.25) is 0 Å². The van der Waals surface area contributed by atoms with Crippen molar-refractivity contribution in [1.82, 2.24) is 0 Å². The molecule has 3 nitrogen and oxygen atoms in total. The highest BCUT2D eigenvalue weighted by atomic mass is 35.5. The SMILES string of the molecule is ClCCl.N#Cc1ccccc1Oc1ccc(F)cc1N. The van der Waals surface area contributed by atoms with E-state index >= 15 is 0 Å². The first kappa shape index (κ1) is 16.1. The lowest BCUT2D eigenvalue weighted by Gasteiger charge is -2.09. The van der Waals surface area contributed by atoms with Gasteiger partial charge in [0, 0.05) is 6.07 Å². The van der Waals surface area contributed by atoms with Gasteiger partial charge in [-0.2, -0.15) is 5.26 Å². The van der Waals surface area contributed by atoms with Gasteiger partial charge in [0.25, 0.3) is 0 Å². The van der Waals surface area contributed by atoms with Crippen molar-refractivity contribution >= 4 is 28.9 Å². The summed E-state index contributed by atoms with van der Waals surface area (Å²) in [5, 5.41) is 9.08. The van der Waals surface area contributed by atoms with E-state index in [1.165, 1.54) is 18.2 Å². The van der Waals surface area contributed by atoms with Gasteiger partial charge in [0.15, 0.2) is 5.75 Å². The van der Waals surface area contributed by atoms with Crippen LogP contribution in [0.15, 0.2) is 42.5 Å². The number of para-hydroxylation sites is 1. The van der Waals surface area contributed by atoms with Gasteiger partial charge in [0.1, 0.15) is 17.6 Å². The summed E-state index contributed by atoms with van der Waals surface area (Å²) in [6, 6.07) is 12.6. The molecule has 0 aliphatic carbocycles. The second kappa shape index (κ2) is 8.26. The van der Waals surface area contributed by atoms with Gasteiger partial charge < -0.3 is 10.5 Å². The second-order valence-corrected chi connectivity index (χ2v) is 4.30. The van der Waals surface area contributed by atoms with Crippen LogP contribution in [0, 0.1) is 17.1 Å². The van der Waals surface area contributed by atoms with Crippen molar-refractivity contribution < 1.29 is 9.13 Å². The largest absolute Gasteiger partial charge is 0.454 e. The van der Waals surface area contributed by atoms with Crippen molar-refractivity contribution in [2.24, 2.45) is 0 Å². The molecule has 0 aliphatic rings. The fourth-order valence-corrected chi connectivity index (χ4v) is 1.38. The van der Waals surface area contributed by atoms with E-state index in [0.29, 0.717) is 17.1 Å². The molecule has 2 N–H and O–H groups in total. The number of nitriles is 1. The van der Waals surface area contributed by atoms with Crippen LogP contribution in [0.5, 0.6) is 11.5 Å². The highest BCUT2D eigenvalue weighted by molar-refractivity contribution is 6.40. The third kappa shape index (κ3) is 4.61. The number of nitrogens with zero attached hydrogens (tertiary/aromatic N) is 1. The minimum Gasteiger partial charge on any atom is -0.454 e. The van der Waals surface area contributed by atoms with Gasteiger partial charge in [0.05, 0.1) is 16.6 Å². The lowest BCUT2D eigenvalue weighted by atomic mass is 10.2. The zero-order valence-corrected chi connectivity index (χ0v) is 11.8. The van der Waals surface area contributed by atoms with E-state index in [4.69, 9.17) is 38.9 Å². The number of alkyl halides is 2. The van der Waals surface area contributed by atoms with E-state index in [1.54, 1.807) is 24.3 Å². The molecule has 0 unspecified atom stereocenters. The molecule has 0 aliphatic heterocycles. The van der Waals surface area contributed by atoms with Crippen molar-refractivity contribution in [3.05, 3.63) is 53.8 Å². The molecule has 104 valence electrons. The molecule has 0 bridgehead atoms. The van der Waals surface area contributed by atoms with Gasteiger partial charge >= 0.3 is 0 Å². The lowest BCUT2D eigenvalue weighted by molar-refractivity contribution is 0.481. The molecule has 2 rings (SSSR count). The van der Waals surface area contributed by atoms with Gasteiger partial charge in [-0.05, 0) is 24.3 Å². The predicted octanol–water partition coefficient (Wildman–Crippen LogP) is 4.49. The molecule has 0 aromatic heterocycles. The number of benzene rings is 2. The molecule has 6 heteroatoms. The van der Waals surface area contributed by atoms with Gasteiger partial charge in [-0.15, -0.1) is 23.2 Å². The van der Waals surface area contributed by atoms with Crippen LogP contribution in [-0.4, -0.2) is 5.34 Å². The van der Waals surface area contributed by atoms with Crippen LogP contribution < -0.4 is 10.5 Å². The molecule has 2 aromatic carbocycles. The van der Waals surface area contributed by atoms with E-state index in [2.05, 4.69) is 0 Å². The Kier molecular flexibility index (Phi) is 6.65. The van der Waals surface area contributed by atoms with Crippen LogP contribution in [0.4, 0.5) is 10.1 Å². The number of nitrogen functional groups attached to an aromatic ring is 1. The van der Waals surface area contributed by atoms with Crippen LogP contribution >= 0.6 is 23.2 Å². The molecule has 0 fully saturated rings. The molecule has 0 radical (unpaired) electrons. The monoisotopic (exact) mass is 312 g/mol. The van der Waals surface area contributed by atoms with E-state index < -0.39 is 5.82 Å². The Morgan fingerprint density at radius 1 is 1.15 bits per heavy atom. The normalized spacial score (nSPS) is 9.10. The van der Waals surface area contributed by atoms with Gasteiger partial charge in [-0.1, -0.05) is 12.1 Å². The number of nitrogens with two attached hydrogens (primary N) is 1. The Balaban J connectivity index is 0.000000612. The summed E-state index contributed by atoms with van der Waals surface area (Å²) in [5.41, 5.74) is 6.20. The molecule has 20 heavy (non-hydrogen) atoms. The molecular formula is C14H11Cl2FN2O. The topological polar surface area (TPSA) is 59.0 Å². The predicted molar refractivity (Wildman–Crippen MR) is 78.6 cm³/mol. The summed E-state index contributed by atoms with van der Waals surface area (Å²) < 4.78 is 18.3. The van der Waals surface area contributed by atoms with Crippen molar-refractivity contribution in [2.75, 3.05) is 11.1 Å². The third-order valence-electron chi connectivity index (χ3n) is 2.20. The Hall–Kier alpha value is -1.96. The molecule has 0 heterocycles. The fourth-order valence-electron chi connectivity index (χ4n) is 1.38. The first-order chi connectivity index (χ1) is 9.62. The third-order valence-corrected chi connectivity index (χ3v) is 2.20. The summed E-state index contributed by atoms with van der Waals surface area (Å²) in [6.07, 6.45) is 0. The maximum atomic E-state index is 12.8. The highest BCUT2D eigenvalue weighted by Gasteiger charge is 2.06. The van der Waals surface area contributed by atoms with Crippen LogP contribution in [0.25, 0.3) is 0 Å². The molecule has 0 amide bonds. The van der Waals surface area contributed by atoms with Gasteiger partial charge in [-0.25, -0.2) is 4.39 Å². The number of halogens is 3. The van der Waals surface area contributed by atoms with Crippen LogP contribution in [0.2, 0.25) is 0 Å². The quantitative estimate of drug-likeness (QED) is 0.656. The molecule has 0 spiro atoms. The minimum atomic E-state index is -0.427. The zero-order chi connectivity index (χ0) is 15.0. The minimum absolute atomic E-state index is 0.192. The molecular weight excluding hydrogens is 302 g/mol. The summed E-state index contributed by atoms with van der Waals surface area (Å²) in [4.78, 5) is 0. The van der Waals surface area contributed by atoms with E-state index in [0.717, 1.165) is 0 Å². The summed E-state index contributed by atoms with van der Waals surface area (Å²) in [7, 11) is 0. The number of ether oxygens (including phenoxy) is 1. The van der Waals surface area contributed by atoms with Crippen molar-refractivity contribution in [3.8, 4) is 17.6 Å². The number of hydrogen-bond donors (Lipinski definition) is 1. The number of rotatable bonds is 2. The average molecular weight is 313 g/mol. The van der Waals surface area contributed by atoms with Gasteiger partial charge in [-0.3, -0.25) is 0 Å². The molecule has 0 saturated heterocycles. The van der Waals surface area contributed by atoms with Crippen LogP contribution in [-0.2, 0) is 0 Å². The first-order valence-corrected chi connectivity index (χ1v) is 6.53. The van der Waals surface area contributed by atoms with E-state index in [-0.39, 0.29) is 11.0 Å².